The number of sulfonamides is 1. The van der Waals surface area contributed by atoms with Crippen molar-refractivity contribution in [2.75, 3.05) is 27.2 Å². The van der Waals surface area contributed by atoms with Crippen molar-refractivity contribution in [1.29, 1.82) is 0 Å². The van der Waals surface area contributed by atoms with Gasteiger partial charge in [-0.25, -0.2) is 17.7 Å². The summed E-state index contributed by atoms with van der Waals surface area (Å²) in [5, 5.41) is 2.67. The van der Waals surface area contributed by atoms with E-state index in [0.29, 0.717) is 13.2 Å². The van der Waals surface area contributed by atoms with Crippen molar-refractivity contribution in [2.45, 2.75) is 43.0 Å². The Hall–Kier alpha value is -2.18. The first-order valence-electron chi connectivity index (χ1n) is 9.38. The van der Waals surface area contributed by atoms with Crippen LogP contribution in [0.15, 0.2) is 23.1 Å². The van der Waals surface area contributed by atoms with Crippen molar-refractivity contribution >= 4 is 27.0 Å². The lowest BCUT2D eigenvalue weighted by atomic mass is 10.2. The number of aromatic nitrogens is 2. The van der Waals surface area contributed by atoms with Crippen molar-refractivity contribution in [1.82, 2.24) is 19.2 Å². The number of hydrogen-bond donors (Lipinski definition) is 1. The number of nitrogens with zero attached hydrogens (tertiary/aromatic N) is 3. The Kier molecular flexibility index (Phi) is 6.39. The molecule has 12 heteroatoms. The Morgan fingerprint density at radius 1 is 1.37 bits per heavy atom. The number of carbonyl (C=O) groups excluding carboxylic acids is 1. The highest BCUT2D eigenvalue weighted by Crippen LogP contribution is 2.32. The minimum Gasteiger partial charge on any atom is -0.376 e. The van der Waals surface area contributed by atoms with Gasteiger partial charge in [-0.15, -0.1) is 0 Å². The molecule has 0 radical (unpaired) electrons. The van der Waals surface area contributed by atoms with Crippen molar-refractivity contribution in [3.63, 3.8) is 0 Å². The zero-order valence-electron chi connectivity index (χ0n) is 16.6. The smallest absolute Gasteiger partial charge is 0.376 e. The number of carbonyl (C=O) groups is 1. The third kappa shape index (κ3) is 4.76. The van der Waals surface area contributed by atoms with Gasteiger partial charge < -0.3 is 14.6 Å². The topological polar surface area (TPSA) is 93.5 Å². The van der Waals surface area contributed by atoms with Crippen LogP contribution in [0.2, 0.25) is 0 Å². The molecule has 1 unspecified atom stereocenters. The second kappa shape index (κ2) is 8.52. The summed E-state index contributed by atoms with van der Waals surface area (Å²) >= 11 is 0. The molecule has 1 saturated heterocycles. The molecule has 1 N–H and O–H groups in total. The monoisotopic (exact) mass is 448 g/mol. The van der Waals surface area contributed by atoms with Crippen LogP contribution < -0.4 is 5.32 Å². The van der Waals surface area contributed by atoms with E-state index in [4.69, 9.17) is 4.74 Å². The van der Waals surface area contributed by atoms with E-state index in [9.17, 15) is 26.4 Å². The highest BCUT2D eigenvalue weighted by Gasteiger charge is 2.38. The second-order valence-electron chi connectivity index (χ2n) is 7.21. The first-order valence-corrected chi connectivity index (χ1v) is 10.8. The minimum atomic E-state index is -4.76. The zero-order chi connectivity index (χ0) is 22.1. The van der Waals surface area contributed by atoms with Crippen LogP contribution in [-0.4, -0.2) is 61.5 Å². The summed E-state index contributed by atoms with van der Waals surface area (Å²) in [6.07, 6.45) is -3.25. The number of imidazole rings is 1. The third-order valence-electron chi connectivity index (χ3n) is 4.87. The van der Waals surface area contributed by atoms with E-state index in [-0.39, 0.29) is 35.0 Å². The predicted molar refractivity (Wildman–Crippen MR) is 102 cm³/mol. The Morgan fingerprint density at radius 2 is 2.10 bits per heavy atom. The van der Waals surface area contributed by atoms with E-state index < -0.39 is 27.9 Å². The number of alkyl halides is 3. The first kappa shape index (κ1) is 22.5. The van der Waals surface area contributed by atoms with E-state index in [1.54, 1.807) is 0 Å². The molecule has 0 aliphatic carbocycles. The normalized spacial score (nSPS) is 17.7. The van der Waals surface area contributed by atoms with Crippen molar-refractivity contribution in [2.24, 2.45) is 0 Å². The molecule has 166 valence electrons. The van der Waals surface area contributed by atoms with Crippen LogP contribution in [0.1, 0.15) is 25.1 Å². The fraction of sp³-hybridized carbons (Fsp3) is 0.556. The van der Waals surface area contributed by atoms with Crippen LogP contribution in [0.5, 0.6) is 0 Å². The molecule has 1 fully saturated rings. The molecule has 0 saturated carbocycles. The number of rotatable bonds is 7. The standard InChI is InChI=1S/C18H23F3N4O4S/c1-24(2)30(27,28)13-5-6-15-14(10-13)23-17(18(19,20)21)25(15)8-7-16(26)22-11-12-4-3-9-29-12/h5-6,10,12H,3-4,7-9,11H2,1-2H3,(H,22,26). The number of fused-ring (bicyclic) bond motifs is 1. The summed E-state index contributed by atoms with van der Waals surface area (Å²) in [5.41, 5.74) is -0.00280. The molecular weight excluding hydrogens is 425 g/mol. The summed E-state index contributed by atoms with van der Waals surface area (Å²) in [6.45, 7) is 0.714. The zero-order valence-corrected chi connectivity index (χ0v) is 17.4. The van der Waals surface area contributed by atoms with E-state index >= 15 is 0 Å². The summed E-state index contributed by atoms with van der Waals surface area (Å²) in [5.74, 6) is -1.57. The Morgan fingerprint density at radius 3 is 2.70 bits per heavy atom. The number of halogens is 3. The van der Waals surface area contributed by atoms with Crippen LogP contribution in [0.4, 0.5) is 13.2 Å². The molecule has 1 aromatic heterocycles. The van der Waals surface area contributed by atoms with Gasteiger partial charge in [0.2, 0.25) is 21.8 Å². The SMILES string of the molecule is CN(C)S(=O)(=O)c1ccc2c(c1)nc(C(F)(F)F)n2CCC(=O)NCC1CCCO1. The van der Waals surface area contributed by atoms with Crippen molar-refractivity contribution < 1.29 is 31.1 Å². The average molecular weight is 448 g/mol. The fourth-order valence-corrected chi connectivity index (χ4v) is 4.18. The highest BCUT2D eigenvalue weighted by atomic mass is 32.2. The highest BCUT2D eigenvalue weighted by molar-refractivity contribution is 7.89. The van der Waals surface area contributed by atoms with E-state index in [0.717, 1.165) is 27.8 Å². The summed E-state index contributed by atoms with van der Waals surface area (Å²) in [7, 11) is -1.17. The van der Waals surface area contributed by atoms with Gasteiger partial charge in [0.15, 0.2) is 0 Å². The van der Waals surface area contributed by atoms with Crippen molar-refractivity contribution in [3.8, 4) is 0 Å². The molecule has 0 spiro atoms. The molecule has 30 heavy (non-hydrogen) atoms. The largest absolute Gasteiger partial charge is 0.449 e. The lowest BCUT2D eigenvalue weighted by Gasteiger charge is -2.13. The maximum absolute atomic E-state index is 13.5. The quantitative estimate of drug-likeness (QED) is 0.699. The molecule has 1 aromatic carbocycles. The average Bonchev–Trinajstić information content (AvgIpc) is 3.31. The number of hydrogen-bond acceptors (Lipinski definition) is 5. The number of ether oxygens (including phenoxy) is 1. The van der Waals surface area contributed by atoms with Gasteiger partial charge in [-0.1, -0.05) is 0 Å². The van der Waals surface area contributed by atoms with Crippen LogP contribution in [0.3, 0.4) is 0 Å². The van der Waals surface area contributed by atoms with Crippen LogP contribution >= 0.6 is 0 Å². The molecule has 8 nitrogen and oxygen atoms in total. The van der Waals surface area contributed by atoms with Crippen molar-refractivity contribution in [3.05, 3.63) is 24.0 Å². The minimum absolute atomic E-state index is 0.0640. The van der Waals surface area contributed by atoms with Gasteiger partial charge in [0.1, 0.15) is 0 Å². The molecule has 1 aliphatic rings. The molecule has 0 bridgehead atoms. The molecule has 2 heterocycles. The second-order valence-corrected chi connectivity index (χ2v) is 9.36. The maximum Gasteiger partial charge on any atom is 0.449 e. The number of aryl methyl sites for hydroxylation is 1. The van der Waals surface area contributed by atoms with Crippen LogP contribution in [0.25, 0.3) is 11.0 Å². The number of amides is 1. The van der Waals surface area contributed by atoms with Gasteiger partial charge >= 0.3 is 6.18 Å². The summed E-state index contributed by atoms with van der Waals surface area (Å²) in [4.78, 5) is 15.5. The first-order chi connectivity index (χ1) is 14.0. The van der Waals surface area contributed by atoms with Gasteiger partial charge in [-0.3, -0.25) is 4.79 Å². The van der Waals surface area contributed by atoms with Gasteiger partial charge in [-0.05, 0) is 31.0 Å². The summed E-state index contributed by atoms with van der Waals surface area (Å²) < 4.78 is 72.3. The lowest BCUT2D eigenvalue weighted by molar-refractivity contribution is -0.147. The predicted octanol–water partition coefficient (Wildman–Crippen LogP) is 1.99. The molecule has 1 atom stereocenters. The molecule has 2 aromatic rings. The maximum atomic E-state index is 13.5. The van der Waals surface area contributed by atoms with Gasteiger partial charge in [-0.2, -0.15) is 13.2 Å². The fourth-order valence-electron chi connectivity index (χ4n) is 3.26. The lowest BCUT2D eigenvalue weighted by Crippen LogP contribution is -2.32. The van der Waals surface area contributed by atoms with Gasteiger partial charge in [0.05, 0.1) is 22.0 Å². The van der Waals surface area contributed by atoms with E-state index in [1.165, 1.54) is 26.2 Å². The van der Waals surface area contributed by atoms with Crippen LogP contribution in [0, 0.1) is 0 Å². The summed E-state index contributed by atoms with van der Waals surface area (Å²) in [6, 6.07) is 3.61. The third-order valence-corrected chi connectivity index (χ3v) is 6.68. The molecular formula is C18H23F3N4O4S. The molecule has 3 rings (SSSR count). The van der Waals surface area contributed by atoms with Crippen LogP contribution in [-0.2, 0) is 32.3 Å². The Balaban J connectivity index is 1.84. The van der Waals surface area contributed by atoms with E-state index in [1.807, 2.05) is 0 Å². The van der Waals surface area contributed by atoms with Gasteiger partial charge in [0.25, 0.3) is 0 Å². The molecule has 1 aliphatic heterocycles. The molecule has 1 amide bonds. The Labute approximate surface area is 172 Å². The number of benzene rings is 1. The van der Waals surface area contributed by atoms with E-state index in [2.05, 4.69) is 10.3 Å². The Bertz CT molecular complexity index is 1030. The van der Waals surface area contributed by atoms with Gasteiger partial charge in [0, 0.05) is 40.2 Å². The number of nitrogens with one attached hydrogen (secondary N) is 1.